The molecule has 0 heterocycles. The third kappa shape index (κ3) is 3.97. The smallest absolute Gasteiger partial charge is 0.211 e. The summed E-state index contributed by atoms with van der Waals surface area (Å²) in [5.41, 5.74) is 1.12. The van der Waals surface area contributed by atoms with Gasteiger partial charge in [-0.15, -0.1) is 0 Å². The first-order chi connectivity index (χ1) is 11.3. The van der Waals surface area contributed by atoms with Crippen LogP contribution in [-0.4, -0.2) is 20.0 Å². The molecule has 0 unspecified atom stereocenters. The Morgan fingerprint density at radius 3 is 2.00 bits per heavy atom. The van der Waals surface area contributed by atoms with E-state index in [1.54, 1.807) is 42.5 Å². The van der Waals surface area contributed by atoms with Crippen molar-refractivity contribution in [3.8, 4) is 0 Å². The van der Waals surface area contributed by atoms with Crippen molar-refractivity contribution < 1.29 is 18.0 Å². The molecule has 24 heavy (non-hydrogen) atoms. The lowest BCUT2D eigenvalue weighted by Gasteiger charge is -2.08. The number of carbonyl (C=O) groups excluding carboxylic acids is 2. The first kappa shape index (κ1) is 17.6. The van der Waals surface area contributed by atoms with Gasteiger partial charge in [0, 0.05) is 17.5 Å². The van der Waals surface area contributed by atoms with E-state index in [1.165, 1.54) is 32.2 Å². The third-order valence-corrected chi connectivity index (χ3v) is 5.23. The van der Waals surface area contributed by atoms with E-state index in [0.29, 0.717) is 11.3 Å². The molecule has 0 saturated carbocycles. The number of hydrogen-bond donors (Lipinski definition) is 1. The number of nitrogens with one attached hydrogen (secondary N) is 1. The first-order valence-corrected chi connectivity index (χ1v) is 8.69. The van der Waals surface area contributed by atoms with Crippen LogP contribution in [0.1, 0.15) is 24.2 Å². The van der Waals surface area contributed by atoms with Crippen molar-refractivity contribution in [3.05, 3.63) is 71.3 Å². The van der Waals surface area contributed by atoms with Gasteiger partial charge < -0.3 is 5.32 Å². The molecular formula is C18H17NO4S. The quantitative estimate of drug-likeness (QED) is 0.643. The molecule has 2 rings (SSSR count). The summed E-state index contributed by atoms with van der Waals surface area (Å²) in [5.74, 6) is -0.625. The van der Waals surface area contributed by atoms with Gasteiger partial charge in [-0.1, -0.05) is 18.2 Å². The van der Waals surface area contributed by atoms with E-state index in [4.69, 9.17) is 0 Å². The van der Waals surface area contributed by atoms with Gasteiger partial charge in [0.2, 0.25) is 9.84 Å². The van der Waals surface area contributed by atoms with Crippen molar-refractivity contribution in [2.24, 2.45) is 0 Å². The molecule has 1 N–H and O–H groups in total. The fourth-order valence-electron chi connectivity index (χ4n) is 2.05. The molecule has 0 fully saturated rings. The van der Waals surface area contributed by atoms with E-state index in [0.717, 1.165) is 0 Å². The predicted octanol–water partition coefficient (Wildman–Crippen LogP) is 3.21. The van der Waals surface area contributed by atoms with E-state index in [-0.39, 0.29) is 15.6 Å². The van der Waals surface area contributed by atoms with Crippen LogP contribution in [0, 0.1) is 0 Å². The summed E-state index contributed by atoms with van der Waals surface area (Å²) in [6.07, 6.45) is 1.17. The molecule has 124 valence electrons. The summed E-state index contributed by atoms with van der Waals surface area (Å²) >= 11 is 0. The van der Waals surface area contributed by atoms with Crippen LogP contribution >= 0.6 is 0 Å². The van der Waals surface area contributed by atoms with Gasteiger partial charge in [-0.25, -0.2) is 8.42 Å². The number of hydrogen-bond acceptors (Lipinski definition) is 5. The van der Waals surface area contributed by atoms with Gasteiger partial charge in [-0.05, 0) is 50.2 Å². The minimum atomic E-state index is -3.90. The molecule has 0 saturated heterocycles. The summed E-state index contributed by atoms with van der Waals surface area (Å²) in [6.45, 7) is 2.66. The van der Waals surface area contributed by atoms with Crippen molar-refractivity contribution in [2.75, 3.05) is 5.32 Å². The molecule has 0 atom stereocenters. The highest BCUT2D eigenvalue weighted by Gasteiger charge is 2.24. The monoisotopic (exact) mass is 343 g/mol. The summed E-state index contributed by atoms with van der Waals surface area (Å²) in [6, 6.07) is 14.3. The largest absolute Gasteiger partial charge is 0.360 e. The van der Waals surface area contributed by atoms with Crippen LogP contribution in [-0.2, 0) is 14.6 Å². The van der Waals surface area contributed by atoms with Crippen LogP contribution in [0.15, 0.2) is 70.6 Å². The average Bonchev–Trinajstić information content (AvgIpc) is 2.55. The molecule has 0 aromatic heterocycles. The molecule has 0 radical (unpaired) electrons. The third-order valence-electron chi connectivity index (χ3n) is 3.35. The maximum atomic E-state index is 12.6. The van der Waals surface area contributed by atoms with E-state index >= 15 is 0 Å². The lowest BCUT2D eigenvalue weighted by molar-refractivity contribution is -0.113. The zero-order valence-electron chi connectivity index (χ0n) is 13.3. The zero-order valence-corrected chi connectivity index (χ0v) is 14.1. The van der Waals surface area contributed by atoms with Crippen LogP contribution in [0.25, 0.3) is 0 Å². The maximum absolute atomic E-state index is 12.6. The molecule has 0 aliphatic rings. The van der Waals surface area contributed by atoms with Crippen molar-refractivity contribution in [1.29, 1.82) is 0 Å². The van der Waals surface area contributed by atoms with Crippen LogP contribution in [0.2, 0.25) is 0 Å². The number of rotatable bonds is 6. The second kappa shape index (κ2) is 7.23. The summed E-state index contributed by atoms with van der Waals surface area (Å²) < 4.78 is 25.1. The number of carbonyl (C=O) groups is 2. The van der Waals surface area contributed by atoms with Gasteiger partial charge in [0.15, 0.2) is 11.6 Å². The van der Waals surface area contributed by atoms with Gasteiger partial charge in [0.1, 0.15) is 4.91 Å². The standard InChI is InChI=1S/C18H17NO4S/c1-13(20)15-8-10-16(11-9-15)19-12-18(14(2)21)24(22,23)17-6-4-3-5-7-17/h3-12,19H,1-2H3/b18-12-. The molecule has 0 aliphatic carbocycles. The Kier molecular flexibility index (Phi) is 5.31. The first-order valence-electron chi connectivity index (χ1n) is 7.21. The van der Waals surface area contributed by atoms with Crippen molar-refractivity contribution in [1.82, 2.24) is 0 Å². The molecule has 0 amide bonds. The molecule has 0 bridgehead atoms. The van der Waals surface area contributed by atoms with Crippen LogP contribution in [0.3, 0.4) is 0 Å². The molecule has 6 heteroatoms. The van der Waals surface area contributed by atoms with E-state index in [1.807, 2.05) is 0 Å². The van der Waals surface area contributed by atoms with Crippen LogP contribution in [0.5, 0.6) is 0 Å². The van der Waals surface area contributed by atoms with E-state index < -0.39 is 15.6 Å². The van der Waals surface area contributed by atoms with Gasteiger partial charge in [0.25, 0.3) is 0 Å². The van der Waals surface area contributed by atoms with Crippen molar-refractivity contribution in [3.63, 3.8) is 0 Å². The Morgan fingerprint density at radius 2 is 1.50 bits per heavy atom. The topological polar surface area (TPSA) is 80.3 Å². The number of allylic oxidation sites excluding steroid dienone is 1. The summed E-state index contributed by atoms with van der Waals surface area (Å²) in [5, 5.41) is 2.79. The number of ketones is 2. The highest BCUT2D eigenvalue weighted by molar-refractivity contribution is 7.96. The number of anilines is 1. The number of benzene rings is 2. The van der Waals surface area contributed by atoms with Crippen molar-refractivity contribution >= 4 is 27.1 Å². The lowest BCUT2D eigenvalue weighted by atomic mass is 10.1. The Bertz CT molecular complexity index is 882. The molecular weight excluding hydrogens is 326 g/mol. The second-order valence-corrected chi connectivity index (χ2v) is 7.08. The van der Waals surface area contributed by atoms with Crippen molar-refractivity contribution in [2.45, 2.75) is 18.7 Å². The Morgan fingerprint density at radius 1 is 0.917 bits per heavy atom. The number of sulfone groups is 1. The summed E-state index contributed by atoms with van der Waals surface area (Å²) in [7, 11) is -3.90. The Balaban J connectivity index is 2.32. The molecule has 0 spiro atoms. The molecule has 5 nitrogen and oxygen atoms in total. The maximum Gasteiger partial charge on any atom is 0.211 e. The Labute approximate surface area is 140 Å². The van der Waals surface area contributed by atoms with Gasteiger partial charge >= 0.3 is 0 Å². The molecule has 2 aromatic carbocycles. The van der Waals surface area contributed by atoms with Crippen LogP contribution < -0.4 is 5.32 Å². The lowest BCUT2D eigenvalue weighted by Crippen LogP contribution is -2.13. The predicted molar refractivity (Wildman–Crippen MR) is 92.5 cm³/mol. The van der Waals surface area contributed by atoms with Gasteiger partial charge in [-0.2, -0.15) is 0 Å². The van der Waals surface area contributed by atoms with Crippen LogP contribution in [0.4, 0.5) is 5.69 Å². The summed E-state index contributed by atoms with van der Waals surface area (Å²) in [4.78, 5) is 22.8. The minimum absolute atomic E-state index is 0.0557. The SMILES string of the molecule is CC(=O)/C(=C/Nc1ccc(C(C)=O)cc1)S(=O)(=O)c1ccccc1. The molecule has 0 aliphatic heterocycles. The van der Waals surface area contributed by atoms with Gasteiger partial charge in [-0.3, -0.25) is 9.59 Å². The Hall–Kier alpha value is -2.73. The van der Waals surface area contributed by atoms with Gasteiger partial charge in [0.05, 0.1) is 4.90 Å². The zero-order chi connectivity index (χ0) is 17.7. The fraction of sp³-hybridized carbons (Fsp3) is 0.111. The number of Topliss-reactive ketones (excluding diaryl/α,β-unsaturated/α-hetero) is 2. The highest BCUT2D eigenvalue weighted by Crippen LogP contribution is 2.20. The fourth-order valence-corrected chi connectivity index (χ4v) is 3.41. The highest BCUT2D eigenvalue weighted by atomic mass is 32.2. The van der Waals surface area contributed by atoms with E-state index in [9.17, 15) is 18.0 Å². The average molecular weight is 343 g/mol. The van der Waals surface area contributed by atoms with E-state index in [2.05, 4.69) is 5.32 Å². The second-order valence-electron chi connectivity index (χ2n) is 5.16. The molecule has 2 aromatic rings. The minimum Gasteiger partial charge on any atom is -0.360 e. The normalized spacial score (nSPS) is 11.8.